The van der Waals surface area contributed by atoms with E-state index in [1.54, 1.807) is 7.11 Å². The molecule has 0 spiro atoms. The Balaban J connectivity index is 1.66. The number of aryl methyl sites for hydroxylation is 1. The SMILES string of the molecule is CCCn1c(=NC(=O)c2cc3ccccc3cc2OC)sc2cc3c(cc21)OCCO3. The fourth-order valence-corrected chi connectivity index (χ4v) is 4.90. The van der Waals surface area contributed by atoms with E-state index in [0.29, 0.717) is 29.3 Å². The van der Waals surface area contributed by atoms with Crippen molar-refractivity contribution in [1.82, 2.24) is 4.57 Å². The van der Waals surface area contributed by atoms with Crippen molar-refractivity contribution in [2.45, 2.75) is 19.9 Å². The summed E-state index contributed by atoms with van der Waals surface area (Å²) >= 11 is 1.48. The minimum atomic E-state index is -0.323. The van der Waals surface area contributed by atoms with Crippen LogP contribution in [-0.2, 0) is 6.54 Å². The molecule has 0 N–H and O–H groups in total. The van der Waals surface area contributed by atoms with Crippen LogP contribution in [0.1, 0.15) is 23.7 Å². The molecule has 0 unspecified atom stereocenters. The molecule has 0 aliphatic carbocycles. The third-order valence-electron chi connectivity index (χ3n) is 5.29. The normalized spacial score (nSPS) is 13.7. The molecule has 158 valence electrons. The smallest absolute Gasteiger partial charge is 0.283 e. The van der Waals surface area contributed by atoms with Crippen molar-refractivity contribution < 1.29 is 19.0 Å². The standard InChI is InChI=1S/C24H22N2O4S/c1-3-8-26-18-13-20-21(30-10-9-29-20)14-22(18)31-24(26)25-23(27)17-11-15-6-4-5-7-16(15)12-19(17)28-2/h4-7,11-14H,3,8-10H2,1-2H3. The van der Waals surface area contributed by atoms with Crippen molar-refractivity contribution >= 4 is 38.2 Å². The largest absolute Gasteiger partial charge is 0.496 e. The first-order chi connectivity index (χ1) is 15.2. The highest BCUT2D eigenvalue weighted by atomic mass is 32.1. The highest BCUT2D eigenvalue weighted by Crippen LogP contribution is 2.35. The highest BCUT2D eigenvalue weighted by molar-refractivity contribution is 7.16. The van der Waals surface area contributed by atoms with Gasteiger partial charge in [0, 0.05) is 18.7 Å². The molecule has 6 nitrogen and oxygen atoms in total. The molecule has 0 atom stereocenters. The molecular weight excluding hydrogens is 412 g/mol. The zero-order valence-electron chi connectivity index (χ0n) is 17.4. The number of ether oxygens (including phenoxy) is 3. The monoisotopic (exact) mass is 434 g/mol. The Morgan fingerprint density at radius 2 is 1.81 bits per heavy atom. The molecule has 0 fully saturated rings. The molecule has 1 aliphatic rings. The molecule has 7 heteroatoms. The molecule has 31 heavy (non-hydrogen) atoms. The number of amides is 1. The van der Waals surface area contributed by atoms with Gasteiger partial charge in [-0.2, -0.15) is 4.99 Å². The Labute approximate surface area is 183 Å². The lowest BCUT2D eigenvalue weighted by molar-refractivity contribution is 0.0995. The first kappa shape index (κ1) is 19.6. The minimum Gasteiger partial charge on any atom is -0.496 e. The maximum Gasteiger partial charge on any atom is 0.283 e. The summed E-state index contributed by atoms with van der Waals surface area (Å²) in [7, 11) is 1.57. The molecule has 3 aromatic carbocycles. The van der Waals surface area contributed by atoms with Crippen molar-refractivity contribution in [2.24, 2.45) is 4.99 Å². The molecule has 0 bridgehead atoms. The van der Waals surface area contributed by atoms with Crippen molar-refractivity contribution in [3.8, 4) is 17.2 Å². The summed E-state index contributed by atoms with van der Waals surface area (Å²) in [6.07, 6.45) is 0.918. The van der Waals surface area contributed by atoms with Gasteiger partial charge in [-0.15, -0.1) is 0 Å². The van der Waals surface area contributed by atoms with E-state index in [1.807, 2.05) is 48.5 Å². The summed E-state index contributed by atoms with van der Waals surface area (Å²) in [4.78, 5) is 18.4. The lowest BCUT2D eigenvalue weighted by Gasteiger charge is -2.18. The zero-order chi connectivity index (χ0) is 21.4. The minimum absolute atomic E-state index is 0.323. The first-order valence-corrected chi connectivity index (χ1v) is 11.1. The molecule has 4 aromatic rings. The average Bonchev–Trinajstić information content (AvgIpc) is 3.12. The number of thiazole rings is 1. The van der Waals surface area contributed by atoms with E-state index < -0.39 is 0 Å². The number of fused-ring (bicyclic) bond motifs is 3. The van der Waals surface area contributed by atoms with Crippen LogP contribution < -0.4 is 19.0 Å². The van der Waals surface area contributed by atoms with Crippen molar-refractivity contribution in [2.75, 3.05) is 20.3 Å². The topological polar surface area (TPSA) is 62.1 Å². The summed E-state index contributed by atoms with van der Waals surface area (Å²) in [5, 5.41) is 1.99. The summed E-state index contributed by atoms with van der Waals surface area (Å²) in [5.74, 6) is 1.66. The average molecular weight is 435 g/mol. The molecule has 2 heterocycles. The fraction of sp³-hybridized carbons (Fsp3) is 0.250. The number of nitrogens with zero attached hydrogens (tertiary/aromatic N) is 2. The maximum absolute atomic E-state index is 13.2. The van der Waals surface area contributed by atoms with Crippen molar-refractivity contribution in [1.29, 1.82) is 0 Å². The lowest BCUT2D eigenvalue weighted by atomic mass is 10.1. The van der Waals surface area contributed by atoms with Crippen molar-refractivity contribution in [3.05, 3.63) is 58.9 Å². The molecule has 0 radical (unpaired) electrons. The molecule has 1 aromatic heterocycles. The van der Waals surface area contributed by atoms with Gasteiger partial charge in [-0.3, -0.25) is 4.79 Å². The second kappa shape index (κ2) is 8.07. The van der Waals surface area contributed by atoms with Gasteiger partial charge in [-0.05, 0) is 29.3 Å². The van der Waals surface area contributed by atoms with Gasteiger partial charge in [-0.25, -0.2) is 0 Å². The number of rotatable bonds is 4. The number of carbonyl (C=O) groups excluding carboxylic acids is 1. The maximum atomic E-state index is 13.2. The predicted octanol–water partition coefficient (Wildman–Crippen LogP) is 4.79. The number of methoxy groups -OCH3 is 1. The van der Waals surface area contributed by atoms with E-state index in [-0.39, 0.29) is 5.91 Å². The Hall–Kier alpha value is -3.32. The van der Waals surface area contributed by atoms with Crippen LogP contribution in [0.15, 0.2) is 53.5 Å². The van der Waals surface area contributed by atoms with Crippen LogP contribution in [-0.4, -0.2) is 30.8 Å². The quantitative estimate of drug-likeness (QED) is 0.463. The lowest BCUT2D eigenvalue weighted by Crippen LogP contribution is -2.18. The van der Waals surface area contributed by atoms with Crippen LogP contribution in [0.3, 0.4) is 0 Å². The van der Waals surface area contributed by atoms with Crippen molar-refractivity contribution in [3.63, 3.8) is 0 Å². The van der Waals surface area contributed by atoms with Gasteiger partial charge in [0.1, 0.15) is 19.0 Å². The predicted molar refractivity (Wildman–Crippen MR) is 121 cm³/mol. The van der Waals surface area contributed by atoms with Gasteiger partial charge in [0.25, 0.3) is 5.91 Å². The number of benzene rings is 3. The van der Waals surface area contributed by atoms with Gasteiger partial charge in [-0.1, -0.05) is 42.5 Å². The Bertz CT molecular complexity index is 1370. The summed E-state index contributed by atoms with van der Waals surface area (Å²) in [6.45, 7) is 3.93. The number of hydrogen-bond donors (Lipinski definition) is 0. The van der Waals surface area contributed by atoms with E-state index in [4.69, 9.17) is 14.2 Å². The zero-order valence-corrected chi connectivity index (χ0v) is 18.2. The molecule has 0 saturated heterocycles. The summed E-state index contributed by atoms with van der Waals surface area (Å²) in [5.41, 5.74) is 1.45. The Kier molecular flexibility index (Phi) is 5.11. The molecular formula is C24H22N2O4S. The summed E-state index contributed by atoms with van der Waals surface area (Å²) in [6, 6.07) is 15.6. The number of hydrogen-bond acceptors (Lipinski definition) is 5. The van der Waals surface area contributed by atoms with Gasteiger partial charge in [0.05, 0.1) is 22.9 Å². The van der Waals surface area contributed by atoms with Crippen LogP contribution in [0, 0.1) is 0 Å². The highest BCUT2D eigenvalue weighted by Gasteiger charge is 2.18. The molecule has 1 amide bonds. The van der Waals surface area contributed by atoms with Crippen LogP contribution in [0.4, 0.5) is 0 Å². The number of aromatic nitrogens is 1. The molecule has 5 rings (SSSR count). The van der Waals surface area contributed by atoms with Gasteiger partial charge < -0.3 is 18.8 Å². The third-order valence-corrected chi connectivity index (χ3v) is 6.33. The summed E-state index contributed by atoms with van der Waals surface area (Å²) < 4.78 is 20.0. The van der Waals surface area contributed by atoms with Crippen LogP contribution in [0.25, 0.3) is 21.0 Å². The van der Waals surface area contributed by atoms with Gasteiger partial charge in [0.15, 0.2) is 16.3 Å². The van der Waals surface area contributed by atoms with E-state index in [9.17, 15) is 4.79 Å². The van der Waals surface area contributed by atoms with Crippen LogP contribution >= 0.6 is 11.3 Å². The van der Waals surface area contributed by atoms with E-state index in [2.05, 4.69) is 16.5 Å². The second-order valence-electron chi connectivity index (χ2n) is 7.32. The number of carbonyl (C=O) groups is 1. The van der Waals surface area contributed by atoms with Gasteiger partial charge >= 0.3 is 0 Å². The fourth-order valence-electron chi connectivity index (χ4n) is 3.83. The van der Waals surface area contributed by atoms with Gasteiger partial charge in [0.2, 0.25) is 0 Å². The third kappa shape index (κ3) is 3.55. The molecule has 1 aliphatic heterocycles. The van der Waals surface area contributed by atoms with E-state index in [0.717, 1.165) is 45.5 Å². The Morgan fingerprint density at radius 3 is 2.52 bits per heavy atom. The second-order valence-corrected chi connectivity index (χ2v) is 8.33. The van der Waals surface area contributed by atoms with E-state index in [1.165, 1.54) is 11.3 Å². The van der Waals surface area contributed by atoms with Crippen LogP contribution in [0.5, 0.6) is 17.2 Å². The Morgan fingerprint density at radius 1 is 1.10 bits per heavy atom. The van der Waals surface area contributed by atoms with E-state index >= 15 is 0 Å². The molecule has 0 saturated carbocycles. The first-order valence-electron chi connectivity index (χ1n) is 10.3. The van der Waals surface area contributed by atoms with Crippen LogP contribution in [0.2, 0.25) is 0 Å².